The van der Waals surface area contributed by atoms with E-state index in [9.17, 15) is 9.90 Å². The molecule has 2 aliphatic carbocycles. The van der Waals surface area contributed by atoms with Gasteiger partial charge in [0.05, 0.1) is 6.61 Å². The molecule has 2 N–H and O–H groups in total. The second kappa shape index (κ2) is 7.10. The average molecular weight is 322 g/mol. The number of aliphatic hydroxyl groups excluding tert-OH is 1. The normalized spacial score (nSPS) is 32.7. The lowest BCUT2D eigenvalue weighted by atomic mass is 9.84. The number of amides is 1. The molecule has 3 aliphatic rings. The van der Waals surface area contributed by atoms with Crippen molar-refractivity contribution in [2.45, 2.75) is 64.3 Å². The van der Waals surface area contributed by atoms with Crippen LogP contribution in [0.1, 0.15) is 58.8 Å². The summed E-state index contributed by atoms with van der Waals surface area (Å²) in [6.07, 6.45) is 7.95. The first-order valence-corrected chi connectivity index (χ1v) is 9.65. The molecule has 3 fully saturated rings. The molecule has 2 saturated carbocycles. The van der Waals surface area contributed by atoms with E-state index in [1.807, 2.05) is 0 Å². The smallest absolute Gasteiger partial charge is 0.222 e. The van der Waals surface area contributed by atoms with Gasteiger partial charge in [0.2, 0.25) is 5.91 Å². The van der Waals surface area contributed by atoms with Crippen LogP contribution in [0.3, 0.4) is 0 Å². The number of hydrogen-bond donors (Lipinski definition) is 2. The van der Waals surface area contributed by atoms with Gasteiger partial charge >= 0.3 is 0 Å². The molecule has 1 heterocycles. The quantitative estimate of drug-likeness (QED) is 0.789. The molecule has 3 atom stereocenters. The first kappa shape index (κ1) is 17.2. The first-order chi connectivity index (χ1) is 11.0. The number of fused-ring (bicyclic) bond motifs is 2. The molecule has 0 radical (unpaired) electrons. The van der Waals surface area contributed by atoms with Crippen LogP contribution >= 0.6 is 0 Å². The summed E-state index contributed by atoms with van der Waals surface area (Å²) in [6.45, 7) is 7.07. The van der Waals surface area contributed by atoms with Gasteiger partial charge in [-0.25, -0.2) is 0 Å². The Morgan fingerprint density at radius 2 is 2.00 bits per heavy atom. The minimum absolute atomic E-state index is 0.173. The number of rotatable bonds is 6. The summed E-state index contributed by atoms with van der Waals surface area (Å²) in [5.41, 5.74) is -0.173. The predicted molar refractivity (Wildman–Crippen MR) is 92.0 cm³/mol. The maximum Gasteiger partial charge on any atom is 0.222 e. The van der Waals surface area contributed by atoms with Crippen molar-refractivity contribution in [3.05, 3.63) is 0 Å². The third kappa shape index (κ3) is 3.90. The summed E-state index contributed by atoms with van der Waals surface area (Å²) < 4.78 is 0. The van der Waals surface area contributed by atoms with E-state index >= 15 is 0 Å². The molecule has 1 amide bonds. The van der Waals surface area contributed by atoms with E-state index in [0.717, 1.165) is 50.7 Å². The summed E-state index contributed by atoms with van der Waals surface area (Å²) in [7, 11) is 0. The third-order valence-corrected chi connectivity index (χ3v) is 6.58. The maximum atomic E-state index is 12.6. The molecule has 4 heteroatoms. The van der Waals surface area contributed by atoms with Crippen molar-refractivity contribution in [1.82, 2.24) is 10.2 Å². The molecular formula is C19H34N2O2. The van der Waals surface area contributed by atoms with E-state index in [1.165, 1.54) is 25.7 Å². The topological polar surface area (TPSA) is 52.6 Å². The Morgan fingerprint density at radius 3 is 2.52 bits per heavy atom. The highest BCUT2D eigenvalue weighted by molar-refractivity contribution is 5.76. The summed E-state index contributed by atoms with van der Waals surface area (Å²) in [5, 5.41) is 13.4. The SMILES string of the molecule is CC(C)CNC1(CO)CCN(C(=O)CC2CC3CCC2C3)CC1. The molecule has 0 aromatic rings. The number of carbonyl (C=O) groups excluding carboxylic acids is 1. The zero-order chi connectivity index (χ0) is 16.4. The minimum Gasteiger partial charge on any atom is -0.394 e. The predicted octanol–water partition coefficient (Wildman–Crippen LogP) is 2.41. The van der Waals surface area contributed by atoms with E-state index in [-0.39, 0.29) is 12.1 Å². The van der Waals surface area contributed by atoms with Crippen molar-refractivity contribution in [2.75, 3.05) is 26.2 Å². The number of aliphatic hydroxyl groups is 1. The Balaban J connectivity index is 1.47. The molecule has 1 saturated heterocycles. The van der Waals surface area contributed by atoms with Gasteiger partial charge in [-0.1, -0.05) is 20.3 Å². The van der Waals surface area contributed by atoms with Gasteiger partial charge in [-0.2, -0.15) is 0 Å². The molecule has 1 aliphatic heterocycles. The Hall–Kier alpha value is -0.610. The summed E-state index contributed by atoms with van der Waals surface area (Å²) in [4.78, 5) is 14.7. The molecule has 0 spiro atoms. The number of carbonyl (C=O) groups is 1. The highest BCUT2D eigenvalue weighted by Gasteiger charge is 2.41. The van der Waals surface area contributed by atoms with Crippen molar-refractivity contribution in [2.24, 2.45) is 23.7 Å². The van der Waals surface area contributed by atoms with Gasteiger partial charge in [0, 0.05) is 25.0 Å². The van der Waals surface area contributed by atoms with Crippen molar-refractivity contribution < 1.29 is 9.90 Å². The van der Waals surface area contributed by atoms with Crippen molar-refractivity contribution in [3.8, 4) is 0 Å². The van der Waals surface area contributed by atoms with E-state index in [0.29, 0.717) is 17.7 Å². The zero-order valence-electron chi connectivity index (χ0n) is 14.9. The largest absolute Gasteiger partial charge is 0.394 e. The third-order valence-electron chi connectivity index (χ3n) is 6.58. The minimum atomic E-state index is -0.173. The molecule has 0 aromatic carbocycles. The van der Waals surface area contributed by atoms with Gasteiger partial charge in [0.25, 0.3) is 0 Å². The van der Waals surface area contributed by atoms with Gasteiger partial charge in [-0.05, 0) is 62.3 Å². The van der Waals surface area contributed by atoms with E-state index in [1.54, 1.807) is 0 Å². The van der Waals surface area contributed by atoms with Crippen molar-refractivity contribution >= 4 is 5.91 Å². The van der Waals surface area contributed by atoms with Crippen LogP contribution in [0.4, 0.5) is 0 Å². The fourth-order valence-electron chi connectivity index (χ4n) is 4.98. The highest BCUT2D eigenvalue weighted by Crippen LogP contribution is 2.49. The molecule has 3 unspecified atom stereocenters. The monoisotopic (exact) mass is 322 g/mol. The second-order valence-corrected chi connectivity index (χ2v) is 8.73. The Labute approximate surface area is 141 Å². The summed E-state index contributed by atoms with van der Waals surface area (Å²) in [5.74, 6) is 3.35. The average Bonchev–Trinajstić information content (AvgIpc) is 3.16. The lowest BCUT2D eigenvalue weighted by molar-refractivity contribution is -0.134. The lowest BCUT2D eigenvalue weighted by Gasteiger charge is -2.42. The fourth-order valence-corrected chi connectivity index (χ4v) is 4.98. The zero-order valence-corrected chi connectivity index (χ0v) is 14.9. The molecule has 0 aromatic heterocycles. The van der Waals surface area contributed by atoms with Gasteiger partial charge in [0.15, 0.2) is 0 Å². The van der Waals surface area contributed by atoms with Crippen LogP contribution in [0.2, 0.25) is 0 Å². The van der Waals surface area contributed by atoms with Crippen LogP contribution in [0.5, 0.6) is 0 Å². The second-order valence-electron chi connectivity index (χ2n) is 8.73. The number of nitrogens with one attached hydrogen (secondary N) is 1. The molecule has 2 bridgehead atoms. The van der Waals surface area contributed by atoms with Crippen LogP contribution in [0.25, 0.3) is 0 Å². The van der Waals surface area contributed by atoms with Crippen molar-refractivity contribution in [3.63, 3.8) is 0 Å². The Bertz CT molecular complexity index is 416. The summed E-state index contributed by atoms with van der Waals surface area (Å²) >= 11 is 0. The standard InChI is InChI=1S/C19H34N2O2/c1-14(2)12-20-19(13-22)5-7-21(8-6-19)18(23)11-17-10-15-3-4-16(17)9-15/h14-17,20,22H,3-13H2,1-2H3. The lowest BCUT2D eigenvalue weighted by Crippen LogP contribution is -2.57. The van der Waals surface area contributed by atoms with Gasteiger partial charge < -0.3 is 15.3 Å². The summed E-state index contributed by atoms with van der Waals surface area (Å²) in [6, 6.07) is 0. The van der Waals surface area contributed by atoms with Crippen LogP contribution in [0, 0.1) is 23.7 Å². The molecule has 4 nitrogen and oxygen atoms in total. The highest BCUT2D eigenvalue weighted by atomic mass is 16.3. The van der Waals surface area contributed by atoms with E-state index in [2.05, 4.69) is 24.1 Å². The van der Waals surface area contributed by atoms with Crippen LogP contribution in [-0.2, 0) is 4.79 Å². The van der Waals surface area contributed by atoms with E-state index < -0.39 is 0 Å². The van der Waals surface area contributed by atoms with Crippen molar-refractivity contribution in [1.29, 1.82) is 0 Å². The Kier molecular flexibility index (Phi) is 5.32. The molecular weight excluding hydrogens is 288 g/mol. The van der Waals surface area contributed by atoms with Gasteiger partial charge in [-0.3, -0.25) is 4.79 Å². The van der Waals surface area contributed by atoms with Crippen LogP contribution in [0.15, 0.2) is 0 Å². The maximum absolute atomic E-state index is 12.6. The fraction of sp³-hybridized carbons (Fsp3) is 0.947. The number of piperidine rings is 1. The number of nitrogens with zero attached hydrogens (tertiary/aromatic N) is 1. The van der Waals surface area contributed by atoms with E-state index in [4.69, 9.17) is 0 Å². The van der Waals surface area contributed by atoms with Crippen LogP contribution < -0.4 is 5.32 Å². The number of likely N-dealkylation sites (tertiary alicyclic amines) is 1. The first-order valence-electron chi connectivity index (χ1n) is 9.65. The van der Waals surface area contributed by atoms with Gasteiger partial charge in [0.1, 0.15) is 0 Å². The molecule has 3 rings (SSSR count). The van der Waals surface area contributed by atoms with Gasteiger partial charge in [-0.15, -0.1) is 0 Å². The van der Waals surface area contributed by atoms with Crippen LogP contribution in [-0.4, -0.2) is 47.7 Å². The number of hydrogen-bond acceptors (Lipinski definition) is 3. The molecule has 132 valence electrons. The molecule has 23 heavy (non-hydrogen) atoms. The Morgan fingerprint density at radius 1 is 1.26 bits per heavy atom.